The van der Waals surface area contributed by atoms with Crippen LogP contribution in [0.3, 0.4) is 0 Å². The van der Waals surface area contributed by atoms with E-state index in [9.17, 15) is 9.59 Å². The van der Waals surface area contributed by atoms with E-state index in [1.165, 1.54) is 0 Å². The number of rotatable bonds is 5. The summed E-state index contributed by atoms with van der Waals surface area (Å²) in [5, 5.41) is 11.3. The molecule has 0 aliphatic carbocycles. The molecule has 0 spiro atoms. The first-order valence-corrected chi connectivity index (χ1v) is 8.08. The highest BCUT2D eigenvalue weighted by atomic mass is 16.2. The summed E-state index contributed by atoms with van der Waals surface area (Å²) in [5.41, 5.74) is 1.41. The molecule has 3 rings (SSSR count). The molecule has 1 aliphatic rings. The fraction of sp³-hybridized carbons (Fsp3) is 0.500. The topological polar surface area (TPSA) is 85.0 Å². The number of aryl methyl sites for hydroxylation is 2. The quantitative estimate of drug-likeness (QED) is 0.876. The van der Waals surface area contributed by atoms with Crippen LogP contribution in [0, 0.1) is 0 Å². The zero-order valence-electron chi connectivity index (χ0n) is 14.1. The largest absolute Gasteiger partial charge is 0.346 e. The number of amides is 2. The molecule has 0 aromatic carbocycles. The third-order valence-electron chi connectivity index (χ3n) is 4.41. The van der Waals surface area contributed by atoms with E-state index in [-0.39, 0.29) is 30.3 Å². The highest BCUT2D eigenvalue weighted by Crippen LogP contribution is 2.31. The van der Waals surface area contributed by atoms with Crippen LogP contribution < -0.4 is 5.32 Å². The predicted molar refractivity (Wildman–Crippen MR) is 87.1 cm³/mol. The number of aromatic nitrogens is 4. The molecule has 8 heteroatoms. The number of nitrogens with one attached hydrogen (secondary N) is 1. The van der Waals surface area contributed by atoms with Gasteiger partial charge in [0.05, 0.1) is 29.5 Å². The molecule has 2 atom stereocenters. The van der Waals surface area contributed by atoms with Crippen molar-refractivity contribution in [1.29, 1.82) is 0 Å². The molecular weight excluding hydrogens is 308 g/mol. The van der Waals surface area contributed by atoms with Crippen LogP contribution in [-0.2, 0) is 18.4 Å². The Morgan fingerprint density at radius 2 is 2.17 bits per heavy atom. The van der Waals surface area contributed by atoms with Crippen LogP contribution in [0.2, 0.25) is 0 Å². The van der Waals surface area contributed by atoms with Gasteiger partial charge in [-0.1, -0.05) is 6.92 Å². The standard InChI is InChI=1S/C16H22N6O2/c1-4-7-22-10-11(9-18-22)16(24)19-12-8-14(23)20(2)15(12)13-5-6-17-21(13)3/h5-6,9-10,12,15H,4,7-8H2,1-3H3,(H,19,24)/t12-,15-/m1/s1. The summed E-state index contributed by atoms with van der Waals surface area (Å²) >= 11 is 0. The Hall–Kier alpha value is -2.64. The Bertz CT molecular complexity index is 749. The maximum absolute atomic E-state index is 12.5. The van der Waals surface area contributed by atoms with Crippen LogP contribution in [0.25, 0.3) is 0 Å². The fourth-order valence-electron chi connectivity index (χ4n) is 3.16. The van der Waals surface area contributed by atoms with Crippen molar-refractivity contribution in [1.82, 2.24) is 29.8 Å². The summed E-state index contributed by atoms with van der Waals surface area (Å²) in [6.07, 6.45) is 6.22. The van der Waals surface area contributed by atoms with E-state index in [1.807, 2.05) is 13.1 Å². The van der Waals surface area contributed by atoms with Crippen molar-refractivity contribution < 1.29 is 9.59 Å². The van der Waals surface area contributed by atoms with E-state index < -0.39 is 0 Å². The van der Waals surface area contributed by atoms with Gasteiger partial charge >= 0.3 is 0 Å². The maximum Gasteiger partial charge on any atom is 0.254 e. The molecule has 2 aromatic heterocycles. The molecule has 0 unspecified atom stereocenters. The molecule has 128 valence electrons. The van der Waals surface area contributed by atoms with Gasteiger partial charge in [-0.15, -0.1) is 0 Å². The van der Waals surface area contributed by atoms with Gasteiger partial charge in [-0.2, -0.15) is 10.2 Å². The number of carbonyl (C=O) groups is 2. The summed E-state index contributed by atoms with van der Waals surface area (Å²) < 4.78 is 3.48. The molecule has 1 aliphatic heterocycles. The van der Waals surface area contributed by atoms with Gasteiger partial charge in [-0.05, 0) is 12.5 Å². The van der Waals surface area contributed by atoms with Gasteiger partial charge in [0, 0.05) is 39.5 Å². The van der Waals surface area contributed by atoms with E-state index in [0.29, 0.717) is 5.56 Å². The van der Waals surface area contributed by atoms with E-state index >= 15 is 0 Å². The second kappa shape index (κ2) is 6.46. The van der Waals surface area contributed by atoms with E-state index in [4.69, 9.17) is 0 Å². The minimum atomic E-state index is -0.292. The highest BCUT2D eigenvalue weighted by molar-refractivity contribution is 5.94. The molecule has 3 heterocycles. The third kappa shape index (κ3) is 2.91. The summed E-state index contributed by atoms with van der Waals surface area (Å²) in [5.74, 6) is -0.203. The Labute approximate surface area is 140 Å². The number of likely N-dealkylation sites (N-methyl/N-ethyl adjacent to an activating group) is 1. The maximum atomic E-state index is 12.5. The monoisotopic (exact) mass is 330 g/mol. The van der Waals surface area contributed by atoms with Crippen LogP contribution >= 0.6 is 0 Å². The van der Waals surface area contributed by atoms with Gasteiger partial charge in [0.15, 0.2) is 0 Å². The molecule has 2 aromatic rings. The van der Waals surface area contributed by atoms with Gasteiger partial charge in [-0.3, -0.25) is 19.0 Å². The number of hydrogen-bond acceptors (Lipinski definition) is 4. The van der Waals surface area contributed by atoms with Crippen molar-refractivity contribution in [2.45, 2.75) is 38.4 Å². The summed E-state index contributed by atoms with van der Waals surface area (Å²) in [7, 11) is 3.59. The van der Waals surface area contributed by atoms with Crippen LogP contribution in [0.1, 0.15) is 41.9 Å². The Kier molecular flexibility index (Phi) is 4.37. The lowest BCUT2D eigenvalue weighted by Gasteiger charge is -2.25. The van der Waals surface area contributed by atoms with E-state index in [1.54, 1.807) is 39.9 Å². The minimum absolute atomic E-state index is 0.00757. The molecule has 0 radical (unpaired) electrons. The molecule has 0 bridgehead atoms. The number of hydrogen-bond donors (Lipinski definition) is 1. The highest BCUT2D eigenvalue weighted by Gasteiger charge is 2.40. The smallest absolute Gasteiger partial charge is 0.254 e. The first-order chi connectivity index (χ1) is 11.5. The first-order valence-electron chi connectivity index (χ1n) is 8.08. The predicted octanol–water partition coefficient (Wildman–Crippen LogP) is 0.728. The lowest BCUT2D eigenvalue weighted by Crippen LogP contribution is -2.39. The SMILES string of the molecule is CCCn1cc(C(=O)N[C@@H]2CC(=O)N(C)[C@H]2c2ccnn2C)cn1. The van der Waals surface area contributed by atoms with Crippen molar-refractivity contribution >= 4 is 11.8 Å². The zero-order valence-corrected chi connectivity index (χ0v) is 14.1. The van der Waals surface area contributed by atoms with Gasteiger partial charge in [0.1, 0.15) is 0 Å². The number of nitrogens with zero attached hydrogens (tertiary/aromatic N) is 5. The molecule has 0 saturated carbocycles. The summed E-state index contributed by atoms with van der Waals surface area (Å²) in [4.78, 5) is 26.3. The lowest BCUT2D eigenvalue weighted by atomic mass is 10.1. The first kappa shape index (κ1) is 16.2. The number of likely N-dealkylation sites (tertiary alicyclic amines) is 1. The Morgan fingerprint density at radius 3 is 2.83 bits per heavy atom. The second-order valence-corrected chi connectivity index (χ2v) is 6.11. The van der Waals surface area contributed by atoms with Crippen LogP contribution in [0.5, 0.6) is 0 Å². The number of carbonyl (C=O) groups excluding carboxylic acids is 2. The van der Waals surface area contributed by atoms with E-state index in [0.717, 1.165) is 18.7 Å². The second-order valence-electron chi connectivity index (χ2n) is 6.11. The van der Waals surface area contributed by atoms with Crippen molar-refractivity contribution in [2.75, 3.05) is 7.05 Å². The minimum Gasteiger partial charge on any atom is -0.346 e. The molecule has 1 saturated heterocycles. The average Bonchev–Trinajstić information content (AvgIpc) is 3.22. The van der Waals surface area contributed by atoms with Crippen molar-refractivity contribution in [3.05, 3.63) is 35.9 Å². The van der Waals surface area contributed by atoms with Crippen molar-refractivity contribution in [2.24, 2.45) is 7.05 Å². The molecule has 1 fully saturated rings. The molecule has 24 heavy (non-hydrogen) atoms. The lowest BCUT2D eigenvalue weighted by molar-refractivity contribution is -0.127. The molecular formula is C16H22N6O2. The van der Waals surface area contributed by atoms with Gasteiger partial charge < -0.3 is 10.2 Å². The summed E-state index contributed by atoms with van der Waals surface area (Å²) in [6.45, 7) is 2.83. The molecule has 1 N–H and O–H groups in total. The van der Waals surface area contributed by atoms with Crippen LogP contribution in [0.4, 0.5) is 0 Å². The van der Waals surface area contributed by atoms with Gasteiger partial charge in [0.2, 0.25) is 5.91 Å². The van der Waals surface area contributed by atoms with Crippen LogP contribution in [0.15, 0.2) is 24.7 Å². The Balaban J connectivity index is 1.78. The Morgan fingerprint density at radius 1 is 1.38 bits per heavy atom. The zero-order chi connectivity index (χ0) is 17.3. The molecule has 8 nitrogen and oxygen atoms in total. The van der Waals surface area contributed by atoms with Gasteiger partial charge in [-0.25, -0.2) is 0 Å². The van der Waals surface area contributed by atoms with Crippen molar-refractivity contribution in [3.8, 4) is 0 Å². The van der Waals surface area contributed by atoms with E-state index in [2.05, 4.69) is 22.4 Å². The third-order valence-corrected chi connectivity index (χ3v) is 4.41. The van der Waals surface area contributed by atoms with Crippen molar-refractivity contribution in [3.63, 3.8) is 0 Å². The fourth-order valence-corrected chi connectivity index (χ4v) is 3.16. The van der Waals surface area contributed by atoms with Crippen LogP contribution in [-0.4, -0.2) is 49.4 Å². The molecule has 2 amide bonds. The average molecular weight is 330 g/mol. The summed E-state index contributed by atoms with van der Waals surface area (Å²) in [6, 6.07) is 1.36. The van der Waals surface area contributed by atoms with Gasteiger partial charge in [0.25, 0.3) is 5.91 Å². The normalized spacial score (nSPS) is 20.6.